The number of aromatic nitrogens is 6. The summed E-state index contributed by atoms with van der Waals surface area (Å²) in [7, 11) is 0. The molecule has 11 heteroatoms. The Kier molecular flexibility index (Phi) is 3.79. The zero-order valence-electron chi connectivity index (χ0n) is 14.3. The van der Waals surface area contributed by atoms with Crippen LogP contribution in [0.5, 0.6) is 0 Å². The zero-order chi connectivity index (χ0) is 19.1. The quantitative estimate of drug-likeness (QED) is 0.492. The van der Waals surface area contributed by atoms with Crippen LogP contribution >= 0.6 is 11.3 Å². The molecular weight excluding hydrogens is 380 g/mol. The predicted molar refractivity (Wildman–Crippen MR) is 100 cm³/mol. The number of hydrogen-bond donors (Lipinski definition) is 2. The van der Waals surface area contributed by atoms with Gasteiger partial charge in [0.2, 0.25) is 5.13 Å². The van der Waals surface area contributed by atoms with E-state index in [1.807, 2.05) is 0 Å². The monoisotopic (exact) mass is 392 g/mol. The number of nitrogens with zero attached hydrogens (tertiary/aromatic N) is 6. The zero-order valence-corrected chi connectivity index (χ0v) is 15.1. The standard InChI is InChI=1S/C17H12N8O2S/c26-15-9-3-1-2-4-10(9)16(27)25(15)6-5-11-23-24-17(28-11)22-14-12-13(19-7-18-12)20-8-21-14/h1-4,7-8H,5-6H2,(H2,18,19,20,21,22,24). The van der Waals surface area contributed by atoms with E-state index in [1.165, 1.54) is 28.9 Å². The molecule has 0 bridgehead atoms. The Labute approximate surface area is 161 Å². The lowest BCUT2D eigenvalue weighted by Gasteiger charge is -2.12. The molecule has 5 rings (SSSR count). The number of carbonyl (C=O) groups is 2. The number of imidazole rings is 1. The maximum absolute atomic E-state index is 12.4. The van der Waals surface area contributed by atoms with Crippen LogP contribution < -0.4 is 5.32 Å². The average molecular weight is 392 g/mol. The van der Waals surface area contributed by atoms with E-state index in [-0.39, 0.29) is 18.4 Å². The summed E-state index contributed by atoms with van der Waals surface area (Å²) in [6.07, 6.45) is 3.38. The fourth-order valence-corrected chi connectivity index (χ4v) is 3.74. The third kappa shape index (κ3) is 2.68. The van der Waals surface area contributed by atoms with Gasteiger partial charge in [0.1, 0.15) is 16.9 Å². The van der Waals surface area contributed by atoms with E-state index < -0.39 is 0 Å². The first kappa shape index (κ1) is 16.4. The molecule has 0 radical (unpaired) electrons. The second-order valence-electron chi connectivity index (χ2n) is 6.01. The highest BCUT2D eigenvalue weighted by molar-refractivity contribution is 7.15. The fraction of sp³-hybridized carbons (Fsp3) is 0.118. The van der Waals surface area contributed by atoms with Gasteiger partial charge in [-0.3, -0.25) is 14.5 Å². The molecule has 1 aliphatic heterocycles. The molecule has 0 saturated heterocycles. The number of hydrogen-bond acceptors (Lipinski definition) is 9. The molecule has 4 heterocycles. The molecular formula is C17H12N8O2S. The summed E-state index contributed by atoms with van der Waals surface area (Å²) < 4.78 is 0. The van der Waals surface area contributed by atoms with Gasteiger partial charge in [-0.05, 0) is 12.1 Å². The van der Waals surface area contributed by atoms with Crippen LogP contribution in [0.25, 0.3) is 11.2 Å². The lowest BCUT2D eigenvalue weighted by atomic mass is 10.1. The number of benzene rings is 1. The van der Waals surface area contributed by atoms with E-state index >= 15 is 0 Å². The van der Waals surface area contributed by atoms with E-state index in [0.717, 1.165) is 0 Å². The molecule has 0 unspecified atom stereocenters. The van der Waals surface area contributed by atoms with Crippen LogP contribution in [0.4, 0.5) is 10.9 Å². The maximum Gasteiger partial charge on any atom is 0.261 e. The molecule has 1 aromatic carbocycles. The van der Waals surface area contributed by atoms with Crippen LogP contribution in [0.15, 0.2) is 36.9 Å². The normalized spacial score (nSPS) is 13.4. The van der Waals surface area contributed by atoms with Crippen molar-refractivity contribution in [3.63, 3.8) is 0 Å². The Balaban J connectivity index is 1.28. The van der Waals surface area contributed by atoms with Crippen LogP contribution in [0.3, 0.4) is 0 Å². The van der Waals surface area contributed by atoms with Gasteiger partial charge in [-0.2, -0.15) is 0 Å². The molecule has 28 heavy (non-hydrogen) atoms. The topological polar surface area (TPSA) is 130 Å². The Bertz CT molecular complexity index is 1180. The number of fused-ring (bicyclic) bond motifs is 2. The summed E-state index contributed by atoms with van der Waals surface area (Å²) in [6.45, 7) is 0.249. The van der Waals surface area contributed by atoms with Crippen molar-refractivity contribution in [2.75, 3.05) is 11.9 Å². The van der Waals surface area contributed by atoms with Crippen molar-refractivity contribution in [3.05, 3.63) is 53.1 Å². The highest BCUT2D eigenvalue weighted by atomic mass is 32.1. The SMILES string of the molecule is O=C1c2ccccc2C(=O)N1CCc1nnc(Nc2ncnc3nc[nH]c23)s1. The minimum atomic E-state index is -0.272. The van der Waals surface area contributed by atoms with E-state index in [0.29, 0.717) is 44.7 Å². The van der Waals surface area contributed by atoms with Crippen molar-refractivity contribution in [2.45, 2.75) is 6.42 Å². The predicted octanol–water partition coefficient (Wildman–Crippen LogP) is 1.79. The summed E-state index contributed by atoms with van der Waals surface area (Å²) in [5, 5.41) is 12.6. The van der Waals surface area contributed by atoms with Gasteiger partial charge in [0.05, 0.1) is 17.5 Å². The number of aromatic amines is 1. The first-order valence-electron chi connectivity index (χ1n) is 8.39. The number of imide groups is 1. The molecule has 0 fully saturated rings. The minimum Gasteiger partial charge on any atom is -0.340 e. The molecule has 0 atom stereocenters. The minimum absolute atomic E-state index is 0.249. The van der Waals surface area contributed by atoms with Gasteiger partial charge < -0.3 is 10.3 Å². The van der Waals surface area contributed by atoms with Gasteiger partial charge in [-0.1, -0.05) is 23.5 Å². The van der Waals surface area contributed by atoms with Gasteiger partial charge in [-0.25, -0.2) is 15.0 Å². The smallest absolute Gasteiger partial charge is 0.261 e. The molecule has 0 spiro atoms. The van der Waals surface area contributed by atoms with Gasteiger partial charge in [0.15, 0.2) is 11.5 Å². The lowest BCUT2D eigenvalue weighted by Crippen LogP contribution is -2.31. The van der Waals surface area contributed by atoms with Crippen molar-refractivity contribution in [2.24, 2.45) is 0 Å². The summed E-state index contributed by atoms with van der Waals surface area (Å²) in [6, 6.07) is 6.83. The second-order valence-corrected chi connectivity index (χ2v) is 7.07. The van der Waals surface area contributed by atoms with E-state index in [2.05, 4.69) is 35.5 Å². The summed E-state index contributed by atoms with van der Waals surface area (Å²) >= 11 is 1.33. The van der Waals surface area contributed by atoms with Gasteiger partial charge >= 0.3 is 0 Å². The largest absolute Gasteiger partial charge is 0.340 e. The van der Waals surface area contributed by atoms with Gasteiger partial charge in [0, 0.05) is 13.0 Å². The molecule has 10 nitrogen and oxygen atoms in total. The third-order valence-electron chi connectivity index (χ3n) is 4.34. The second kappa shape index (κ2) is 6.46. The van der Waals surface area contributed by atoms with Crippen molar-refractivity contribution < 1.29 is 9.59 Å². The Morgan fingerprint density at radius 3 is 2.61 bits per heavy atom. The molecule has 2 N–H and O–H groups in total. The summed E-state index contributed by atoms with van der Waals surface area (Å²) in [5.74, 6) is 0.00252. The van der Waals surface area contributed by atoms with Crippen molar-refractivity contribution in [1.82, 2.24) is 35.0 Å². The van der Waals surface area contributed by atoms with Crippen molar-refractivity contribution in [3.8, 4) is 0 Å². The Morgan fingerprint density at radius 1 is 1.04 bits per heavy atom. The Morgan fingerprint density at radius 2 is 1.82 bits per heavy atom. The van der Waals surface area contributed by atoms with Crippen molar-refractivity contribution >= 4 is 45.3 Å². The molecule has 4 aromatic rings. The van der Waals surface area contributed by atoms with Crippen molar-refractivity contribution in [1.29, 1.82) is 0 Å². The molecule has 2 amide bonds. The average Bonchev–Trinajstić information content (AvgIpc) is 3.42. The number of H-pyrrole nitrogens is 1. The van der Waals surface area contributed by atoms with Crippen LogP contribution in [-0.2, 0) is 6.42 Å². The van der Waals surface area contributed by atoms with E-state index in [4.69, 9.17) is 0 Å². The number of amides is 2. The fourth-order valence-electron chi connectivity index (χ4n) is 3.02. The highest BCUT2D eigenvalue weighted by Crippen LogP contribution is 2.25. The highest BCUT2D eigenvalue weighted by Gasteiger charge is 2.34. The molecule has 0 saturated carbocycles. The first-order valence-corrected chi connectivity index (χ1v) is 9.21. The number of nitrogens with one attached hydrogen (secondary N) is 2. The first-order chi connectivity index (χ1) is 13.7. The molecule has 138 valence electrons. The Hall–Kier alpha value is -3.73. The van der Waals surface area contributed by atoms with Crippen LogP contribution in [0, 0.1) is 0 Å². The van der Waals surface area contributed by atoms with E-state index in [1.54, 1.807) is 24.3 Å². The number of anilines is 2. The molecule has 0 aliphatic carbocycles. The van der Waals surface area contributed by atoms with Crippen LogP contribution in [0.1, 0.15) is 25.7 Å². The lowest BCUT2D eigenvalue weighted by molar-refractivity contribution is 0.0656. The molecule has 3 aromatic heterocycles. The summed E-state index contributed by atoms with van der Waals surface area (Å²) in [5.41, 5.74) is 2.11. The van der Waals surface area contributed by atoms with Gasteiger partial charge in [0.25, 0.3) is 11.8 Å². The van der Waals surface area contributed by atoms with Crippen LogP contribution in [-0.4, -0.2) is 53.4 Å². The maximum atomic E-state index is 12.4. The van der Waals surface area contributed by atoms with Gasteiger partial charge in [-0.15, -0.1) is 10.2 Å². The van der Waals surface area contributed by atoms with Crippen LogP contribution in [0.2, 0.25) is 0 Å². The number of carbonyl (C=O) groups excluding carboxylic acids is 2. The third-order valence-corrected chi connectivity index (χ3v) is 5.24. The van der Waals surface area contributed by atoms with E-state index in [9.17, 15) is 9.59 Å². The number of rotatable bonds is 5. The molecule has 1 aliphatic rings. The summed E-state index contributed by atoms with van der Waals surface area (Å²) in [4.78, 5) is 41.4.